The summed E-state index contributed by atoms with van der Waals surface area (Å²) in [6.45, 7) is 5.12. The predicted molar refractivity (Wildman–Crippen MR) is 116 cm³/mol. The van der Waals surface area contributed by atoms with Crippen LogP contribution in [-0.4, -0.2) is 46.8 Å². The quantitative estimate of drug-likeness (QED) is 0.650. The second-order valence-electron chi connectivity index (χ2n) is 7.32. The molecule has 8 nitrogen and oxygen atoms in total. The summed E-state index contributed by atoms with van der Waals surface area (Å²) in [6.07, 6.45) is 5.09. The van der Waals surface area contributed by atoms with E-state index in [0.29, 0.717) is 32.7 Å². The average Bonchev–Trinajstić information content (AvgIpc) is 3.43. The number of pyridine rings is 1. The van der Waals surface area contributed by atoms with Gasteiger partial charge in [0.05, 0.1) is 23.3 Å². The Bertz CT molecular complexity index is 1190. The van der Waals surface area contributed by atoms with Crippen LogP contribution in [0.15, 0.2) is 35.5 Å². The lowest BCUT2D eigenvalue weighted by Crippen LogP contribution is -2.27. The smallest absolute Gasteiger partial charge is 0.265 e. The summed E-state index contributed by atoms with van der Waals surface area (Å²) in [5.41, 5.74) is 2.31. The fourth-order valence-corrected chi connectivity index (χ4v) is 5.97. The molecule has 1 saturated heterocycles. The number of carbonyl (C=O) groups is 1. The molecular formula is C20H23N5O3S2. The third-order valence-corrected chi connectivity index (χ3v) is 7.96. The van der Waals surface area contributed by atoms with E-state index in [0.717, 1.165) is 25.9 Å². The number of hydrogen-bond acceptors (Lipinski definition) is 6. The van der Waals surface area contributed by atoms with E-state index in [1.165, 1.54) is 17.5 Å². The number of anilines is 1. The third kappa shape index (κ3) is 3.72. The summed E-state index contributed by atoms with van der Waals surface area (Å²) in [7, 11) is -2.00. The van der Waals surface area contributed by atoms with Crippen LogP contribution < -0.4 is 4.72 Å². The number of carbonyl (C=O) groups excluding carboxylic acids is 1. The van der Waals surface area contributed by atoms with Gasteiger partial charge in [-0.3, -0.25) is 14.5 Å². The lowest BCUT2D eigenvalue weighted by molar-refractivity contribution is 0.0796. The van der Waals surface area contributed by atoms with E-state index in [-0.39, 0.29) is 10.8 Å². The summed E-state index contributed by atoms with van der Waals surface area (Å²) in [5, 5.41) is 0.628. The van der Waals surface area contributed by atoms with Crippen molar-refractivity contribution in [1.29, 1.82) is 0 Å². The molecule has 1 N–H and O–H groups in total. The lowest BCUT2D eigenvalue weighted by Gasteiger charge is -2.13. The number of likely N-dealkylation sites (tertiary alicyclic amines) is 1. The van der Waals surface area contributed by atoms with Gasteiger partial charge in [0.25, 0.3) is 15.9 Å². The van der Waals surface area contributed by atoms with E-state index in [2.05, 4.69) is 14.7 Å². The number of aryl methyl sites for hydroxylation is 1. The highest BCUT2D eigenvalue weighted by Crippen LogP contribution is 2.33. The van der Waals surface area contributed by atoms with Crippen LogP contribution >= 0.6 is 11.3 Å². The lowest BCUT2D eigenvalue weighted by atomic mass is 10.3. The molecule has 0 atom stereocenters. The van der Waals surface area contributed by atoms with E-state index in [1.807, 2.05) is 11.8 Å². The van der Waals surface area contributed by atoms with Gasteiger partial charge < -0.3 is 9.47 Å². The first kappa shape index (κ1) is 20.5. The van der Waals surface area contributed by atoms with Crippen molar-refractivity contribution >= 4 is 33.0 Å². The van der Waals surface area contributed by atoms with Gasteiger partial charge in [0.15, 0.2) is 0 Å². The molecule has 1 aliphatic heterocycles. The maximum absolute atomic E-state index is 12.9. The van der Waals surface area contributed by atoms with E-state index >= 15 is 0 Å². The molecular weight excluding hydrogens is 422 g/mol. The Morgan fingerprint density at radius 3 is 2.63 bits per heavy atom. The molecule has 1 amide bonds. The van der Waals surface area contributed by atoms with Crippen LogP contribution in [0.25, 0.3) is 10.7 Å². The van der Waals surface area contributed by atoms with Crippen molar-refractivity contribution in [3.05, 3.63) is 46.9 Å². The number of thiazole rings is 1. The van der Waals surface area contributed by atoms with Gasteiger partial charge in [-0.2, -0.15) is 0 Å². The van der Waals surface area contributed by atoms with Crippen molar-refractivity contribution in [3.8, 4) is 10.7 Å². The Morgan fingerprint density at radius 1 is 1.23 bits per heavy atom. The van der Waals surface area contributed by atoms with Crippen molar-refractivity contribution in [2.24, 2.45) is 7.05 Å². The van der Waals surface area contributed by atoms with E-state index in [9.17, 15) is 13.2 Å². The molecule has 3 aromatic rings. The predicted octanol–water partition coefficient (Wildman–Crippen LogP) is 3.20. The summed E-state index contributed by atoms with van der Waals surface area (Å²) in [5.74, 6) is 0.00534. The van der Waals surface area contributed by atoms with Gasteiger partial charge in [0, 0.05) is 32.0 Å². The molecule has 4 rings (SSSR count). The number of aromatic nitrogens is 3. The first-order chi connectivity index (χ1) is 14.3. The molecule has 10 heteroatoms. The Kier molecular flexibility index (Phi) is 5.37. The monoisotopic (exact) mass is 445 g/mol. The molecule has 1 fully saturated rings. The molecule has 0 spiro atoms. The second kappa shape index (κ2) is 7.84. The van der Waals surface area contributed by atoms with Crippen molar-refractivity contribution < 1.29 is 13.2 Å². The number of hydrogen-bond donors (Lipinski definition) is 1. The number of nitrogens with one attached hydrogen (secondary N) is 1. The summed E-state index contributed by atoms with van der Waals surface area (Å²) in [6, 6.07) is 4.92. The molecule has 0 radical (unpaired) electrons. The standard InChI is InChI=1S/C20H23N5O3S2/c1-13-18(20(26)25-9-4-5-10-25)29-19(22-13)16-11-17(14(2)24(16)3)30(27,28)23-15-7-6-8-21-12-15/h6-8,11-12,23H,4-5,9-10H2,1-3H3. The molecule has 0 unspecified atom stereocenters. The van der Waals surface area contributed by atoms with Crippen LogP contribution in [0.3, 0.4) is 0 Å². The van der Waals surface area contributed by atoms with Gasteiger partial charge in [0.1, 0.15) is 14.8 Å². The molecule has 0 aromatic carbocycles. The Balaban J connectivity index is 1.68. The largest absolute Gasteiger partial charge is 0.345 e. The molecule has 0 saturated carbocycles. The summed E-state index contributed by atoms with van der Waals surface area (Å²) < 4.78 is 30.2. The number of nitrogens with zero attached hydrogens (tertiary/aromatic N) is 4. The fraction of sp³-hybridized carbons (Fsp3) is 0.350. The average molecular weight is 446 g/mol. The van der Waals surface area contributed by atoms with Crippen LogP contribution in [0.4, 0.5) is 5.69 Å². The second-order valence-corrected chi connectivity index (χ2v) is 9.97. The highest BCUT2D eigenvalue weighted by atomic mass is 32.2. The van der Waals surface area contributed by atoms with Crippen molar-refractivity contribution in [2.45, 2.75) is 31.6 Å². The van der Waals surface area contributed by atoms with Gasteiger partial charge in [-0.1, -0.05) is 0 Å². The Morgan fingerprint density at radius 2 is 1.97 bits per heavy atom. The molecule has 0 aliphatic carbocycles. The molecule has 30 heavy (non-hydrogen) atoms. The molecule has 1 aliphatic rings. The zero-order valence-corrected chi connectivity index (χ0v) is 18.7. The van der Waals surface area contributed by atoms with E-state index in [4.69, 9.17) is 0 Å². The minimum atomic E-state index is -3.80. The maximum atomic E-state index is 12.9. The number of rotatable bonds is 5. The highest BCUT2D eigenvalue weighted by Gasteiger charge is 2.27. The van der Waals surface area contributed by atoms with Gasteiger partial charge >= 0.3 is 0 Å². The summed E-state index contributed by atoms with van der Waals surface area (Å²) in [4.78, 5) is 24.0. The highest BCUT2D eigenvalue weighted by molar-refractivity contribution is 7.92. The van der Waals surface area contributed by atoms with Crippen LogP contribution in [0.5, 0.6) is 0 Å². The molecule has 4 heterocycles. The zero-order chi connectivity index (χ0) is 21.5. The number of sulfonamides is 1. The van der Waals surface area contributed by atoms with Crippen molar-refractivity contribution in [1.82, 2.24) is 19.4 Å². The van der Waals surface area contributed by atoms with E-state index < -0.39 is 10.0 Å². The van der Waals surface area contributed by atoms with Crippen LogP contribution in [0, 0.1) is 13.8 Å². The van der Waals surface area contributed by atoms with Gasteiger partial charge in [-0.25, -0.2) is 13.4 Å². The first-order valence-corrected chi connectivity index (χ1v) is 11.9. The van der Waals surface area contributed by atoms with E-state index in [1.54, 1.807) is 42.9 Å². The minimum Gasteiger partial charge on any atom is -0.345 e. The molecule has 3 aromatic heterocycles. The third-order valence-electron chi connectivity index (χ3n) is 5.30. The van der Waals surface area contributed by atoms with Crippen molar-refractivity contribution in [2.75, 3.05) is 17.8 Å². The molecule has 158 valence electrons. The Hall–Kier alpha value is -2.72. The van der Waals surface area contributed by atoms with Crippen LogP contribution in [0.2, 0.25) is 0 Å². The van der Waals surface area contributed by atoms with Crippen LogP contribution in [-0.2, 0) is 17.1 Å². The fourth-order valence-electron chi connectivity index (χ4n) is 3.55. The van der Waals surface area contributed by atoms with Crippen LogP contribution in [0.1, 0.15) is 33.9 Å². The molecule has 0 bridgehead atoms. The normalized spacial score (nSPS) is 14.3. The maximum Gasteiger partial charge on any atom is 0.265 e. The van der Waals surface area contributed by atoms with Gasteiger partial charge in [0.2, 0.25) is 0 Å². The summed E-state index contributed by atoms with van der Waals surface area (Å²) >= 11 is 1.31. The van der Waals surface area contributed by atoms with Gasteiger partial charge in [-0.05, 0) is 44.9 Å². The van der Waals surface area contributed by atoms with Gasteiger partial charge in [-0.15, -0.1) is 11.3 Å². The Labute approximate surface area is 179 Å². The van der Waals surface area contributed by atoms with Crippen molar-refractivity contribution in [3.63, 3.8) is 0 Å². The number of amides is 1. The minimum absolute atomic E-state index is 0.00534. The zero-order valence-electron chi connectivity index (χ0n) is 17.0. The first-order valence-electron chi connectivity index (χ1n) is 9.64. The SMILES string of the molecule is Cc1nc(-c2cc(S(=O)(=O)Nc3cccnc3)c(C)n2C)sc1C(=O)N1CCCC1. The topological polar surface area (TPSA) is 97.2 Å².